The summed E-state index contributed by atoms with van der Waals surface area (Å²) in [6.45, 7) is 5.48. The lowest BCUT2D eigenvalue weighted by molar-refractivity contribution is 0.140. The van der Waals surface area contributed by atoms with Crippen LogP contribution in [0.15, 0.2) is 23.2 Å². The van der Waals surface area contributed by atoms with Gasteiger partial charge in [0.1, 0.15) is 0 Å². The summed E-state index contributed by atoms with van der Waals surface area (Å²) in [6, 6.07) is 5.88. The summed E-state index contributed by atoms with van der Waals surface area (Å²) in [4.78, 5) is 14.7. The minimum Gasteiger partial charge on any atom is -0.489 e. The third-order valence-electron chi connectivity index (χ3n) is 4.16. The number of ether oxygens (including phenoxy) is 2. The van der Waals surface area contributed by atoms with Crippen LogP contribution in [0.4, 0.5) is 0 Å². The lowest BCUT2D eigenvalue weighted by atomic mass is 9.72. The van der Waals surface area contributed by atoms with Gasteiger partial charge in [-0.2, -0.15) is 4.99 Å². The van der Waals surface area contributed by atoms with Crippen molar-refractivity contribution >= 4 is 6.08 Å². The molecule has 0 spiro atoms. The predicted molar refractivity (Wildman–Crippen MR) is 74.9 cm³/mol. The number of rotatable bonds is 2. The van der Waals surface area contributed by atoms with Crippen molar-refractivity contribution in [2.45, 2.75) is 38.6 Å². The Labute approximate surface area is 118 Å². The molecule has 0 saturated heterocycles. The fourth-order valence-electron chi connectivity index (χ4n) is 2.68. The Bertz CT molecular complexity index is 569. The van der Waals surface area contributed by atoms with E-state index in [-0.39, 0.29) is 11.0 Å². The standard InChI is InChI=1S/C16H19NO3/c1-15(2)9-19-13-5-4-12(8-14(13)20-10-15)16(17-11-18)6-3-7-16/h4-5,8H,3,6-7,9-10H2,1-2H3. The van der Waals surface area contributed by atoms with E-state index in [4.69, 9.17) is 9.47 Å². The van der Waals surface area contributed by atoms with E-state index in [9.17, 15) is 4.79 Å². The highest BCUT2D eigenvalue weighted by Gasteiger charge is 2.39. The number of benzene rings is 1. The second-order valence-corrected chi connectivity index (χ2v) is 6.49. The van der Waals surface area contributed by atoms with Crippen LogP contribution >= 0.6 is 0 Å². The summed E-state index contributed by atoms with van der Waals surface area (Å²) in [6.07, 6.45) is 4.60. The molecule has 1 saturated carbocycles. The molecule has 4 nitrogen and oxygen atoms in total. The summed E-state index contributed by atoms with van der Waals surface area (Å²) >= 11 is 0. The van der Waals surface area contributed by atoms with Crippen LogP contribution < -0.4 is 9.47 Å². The number of hydrogen-bond acceptors (Lipinski definition) is 4. The van der Waals surface area contributed by atoms with Gasteiger partial charge < -0.3 is 9.47 Å². The maximum Gasteiger partial charge on any atom is 0.235 e. The normalized spacial score (nSPS) is 22.1. The zero-order valence-corrected chi connectivity index (χ0v) is 11.9. The highest BCUT2D eigenvalue weighted by atomic mass is 16.5. The largest absolute Gasteiger partial charge is 0.489 e. The Kier molecular flexibility index (Phi) is 3.06. The summed E-state index contributed by atoms with van der Waals surface area (Å²) in [7, 11) is 0. The zero-order valence-electron chi connectivity index (χ0n) is 11.9. The minimum absolute atomic E-state index is 0.00567. The van der Waals surface area contributed by atoms with Crippen molar-refractivity contribution in [3.05, 3.63) is 23.8 Å². The molecule has 0 bridgehead atoms. The second-order valence-electron chi connectivity index (χ2n) is 6.49. The van der Waals surface area contributed by atoms with Crippen molar-refractivity contribution in [3.8, 4) is 11.5 Å². The fourth-order valence-corrected chi connectivity index (χ4v) is 2.68. The van der Waals surface area contributed by atoms with Gasteiger partial charge in [0.2, 0.25) is 6.08 Å². The van der Waals surface area contributed by atoms with Gasteiger partial charge in [-0.05, 0) is 37.0 Å². The van der Waals surface area contributed by atoms with E-state index in [1.54, 1.807) is 6.08 Å². The molecule has 1 heterocycles. The third kappa shape index (κ3) is 2.20. The summed E-state index contributed by atoms with van der Waals surface area (Å²) in [5.41, 5.74) is 0.630. The highest BCUT2D eigenvalue weighted by Crippen LogP contribution is 2.47. The molecule has 4 heteroatoms. The minimum atomic E-state index is -0.387. The highest BCUT2D eigenvalue weighted by molar-refractivity contribution is 5.48. The topological polar surface area (TPSA) is 47.9 Å². The van der Waals surface area contributed by atoms with Crippen LogP contribution in [0, 0.1) is 5.41 Å². The quantitative estimate of drug-likeness (QED) is 0.614. The van der Waals surface area contributed by atoms with Crippen LogP contribution in [-0.2, 0) is 10.3 Å². The average Bonchev–Trinajstić information content (AvgIpc) is 2.53. The van der Waals surface area contributed by atoms with E-state index >= 15 is 0 Å². The number of carbonyl (C=O) groups excluding carboxylic acids is 1. The molecule has 106 valence electrons. The van der Waals surface area contributed by atoms with Crippen LogP contribution in [-0.4, -0.2) is 19.3 Å². The number of isocyanates is 1. The Balaban J connectivity index is 1.94. The SMILES string of the molecule is CC1(C)COc2ccc(C3(N=C=O)CCC3)cc2OC1. The van der Waals surface area contributed by atoms with Crippen molar-refractivity contribution in [2.75, 3.05) is 13.2 Å². The van der Waals surface area contributed by atoms with Gasteiger partial charge in [-0.1, -0.05) is 19.9 Å². The molecule has 3 rings (SSSR count). The van der Waals surface area contributed by atoms with Crippen LogP contribution in [0.2, 0.25) is 0 Å². The van der Waals surface area contributed by atoms with E-state index < -0.39 is 0 Å². The molecule has 1 aromatic rings. The first-order valence-corrected chi connectivity index (χ1v) is 7.04. The Morgan fingerprint density at radius 3 is 2.45 bits per heavy atom. The van der Waals surface area contributed by atoms with Crippen molar-refractivity contribution in [3.63, 3.8) is 0 Å². The lowest BCUT2D eigenvalue weighted by Crippen LogP contribution is -2.31. The van der Waals surface area contributed by atoms with E-state index in [0.29, 0.717) is 13.2 Å². The first-order valence-electron chi connectivity index (χ1n) is 7.04. The Hall–Kier alpha value is -1.80. The van der Waals surface area contributed by atoms with Crippen LogP contribution in [0.25, 0.3) is 0 Å². The monoisotopic (exact) mass is 273 g/mol. The summed E-state index contributed by atoms with van der Waals surface area (Å²) in [5.74, 6) is 1.52. The van der Waals surface area contributed by atoms with Gasteiger partial charge in [-0.15, -0.1) is 0 Å². The molecule has 1 aliphatic carbocycles. The predicted octanol–water partition coefficient (Wildman–Crippen LogP) is 3.20. The summed E-state index contributed by atoms with van der Waals surface area (Å²) < 4.78 is 11.7. The first-order chi connectivity index (χ1) is 9.55. The molecule has 0 unspecified atom stereocenters. The number of hydrogen-bond donors (Lipinski definition) is 0. The van der Waals surface area contributed by atoms with Gasteiger partial charge in [0.05, 0.1) is 18.8 Å². The molecule has 0 amide bonds. The Morgan fingerprint density at radius 1 is 1.15 bits per heavy atom. The molecule has 0 aromatic heterocycles. The van der Waals surface area contributed by atoms with Crippen molar-refractivity contribution in [1.82, 2.24) is 0 Å². The molecule has 1 aliphatic heterocycles. The van der Waals surface area contributed by atoms with E-state index in [0.717, 1.165) is 36.3 Å². The Morgan fingerprint density at radius 2 is 1.85 bits per heavy atom. The first kappa shape index (κ1) is 13.2. The smallest absolute Gasteiger partial charge is 0.235 e. The van der Waals surface area contributed by atoms with E-state index in [1.165, 1.54) is 0 Å². The molecule has 1 aromatic carbocycles. The molecule has 20 heavy (non-hydrogen) atoms. The maximum atomic E-state index is 10.7. The van der Waals surface area contributed by atoms with Gasteiger partial charge in [0, 0.05) is 5.41 Å². The van der Waals surface area contributed by atoms with Gasteiger partial charge in [0.15, 0.2) is 11.5 Å². The molecule has 0 N–H and O–H groups in total. The zero-order chi connectivity index (χ0) is 14.2. The van der Waals surface area contributed by atoms with Gasteiger partial charge in [-0.25, -0.2) is 4.79 Å². The maximum absolute atomic E-state index is 10.7. The van der Waals surface area contributed by atoms with Crippen LogP contribution in [0.1, 0.15) is 38.7 Å². The van der Waals surface area contributed by atoms with E-state index in [2.05, 4.69) is 18.8 Å². The van der Waals surface area contributed by atoms with E-state index in [1.807, 2.05) is 18.2 Å². The molecule has 0 radical (unpaired) electrons. The van der Waals surface area contributed by atoms with Gasteiger partial charge in [0.25, 0.3) is 0 Å². The molecule has 2 aliphatic rings. The van der Waals surface area contributed by atoms with Gasteiger partial charge in [-0.3, -0.25) is 0 Å². The molecular formula is C16H19NO3. The second kappa shape index (κ2) is 4.64. The van der Waals surface area contributed by atoms with Crippen molar-refractivity contribution in [2.24, 2.45) is 10.4 Å². The fraction of sp³-hybridized carbons (Fsp3) is 0.562. The average molecular weight is 273 g/mol. The summed E-state index contributed by atoms with van der Waals surface area (Å²) in [5, 5.41) is 0. The molecule has 0 atom stereocenters. The van der Waals surface area contributed by atoms with Crippen LogP contribution in [0.3, 0.4) is 0 Å². The number of aliphatic imine (C=N–C) groups is 1. The van der Waals surface area contributed by atoms with Gasteiger partial charge >= 0.3 is 0 Å². The van der Waals surface area contributed by atoms with Crippen molar-refractivity contribution in [1.29, 1.82) is 0 Å². The lowest BCUT2D eigenvalue weighted by Gasteiger charge is -2.37. The molecular weight excluding hydrogens is 254 g/mol. The molecule has 1 fully saturated rings. The third-order valence-corrected chi connectivity index (χ3v) is 4.16. The number of fused-ring (bicyclic) bond motifs is 1. The van der Waals surface area contributed by atoms with Crippen LogP contribution in [0.5, 0.6) is 11.5 Å². The number of nitrogens with zero attached hydrogens (tertiary/aromatic N) is 1. The van der Waals surface area contributed by atoms with Crippen molar-refractivity contribution < 1.29 is 14.3 Å².